The van der Waals surface area contributed by atoms with Crippen LogP contribution in [0.25, 0.3) is 0 Å². The van der Waals surface area contributed by atoms with Crippen LogP contribution in [0.2, 0.25) is 0 Å². The summed E-state index contributed by atoms with van der Waals surface area (Å²) in [5.74, 6) is -0.239. The van der Waals surface area contributed by atoms with E-state index in [4.69, 9.17) is 14.4 Å². The minimum absolute atomic E-state index is 0.222. The quantitative estimate of drug-likeness (QED) is 0.816. The summed E-state index contributed by atoms with van der Waals surface area (Å²) in [6.45, 7) is 7.43. The molecular formula is C17H22N2O4. The fourth-order valence-electron chi connectivity index (χ4n) is 1.94. The zero-order valence-electron chi connectivity index (χ0n) is 13.6. The van der Waals surface area contributed by atoms with Crippen LogP contribution in [0.4, 0.5) is 0 Å². The minimum atomic E-state index is -0.924. The SMILES string of the molecule is CC(C)(C)OCc1cc(CNCc2cccc(C(=O)O)c2)no1. The van der Waals surface area contributed by atoms with Gasteiger partial charge in [0.1, 0.15) is 6.61 Å². The third-order valence-corrected chi connectivity index (χ3v) is 3.06. The highest BCUT2D eigenvalue weighted by atomic mass is 16.5. The van der Waals surface area contributed by atoms with E-state index >= 15 is 0 Å². The molecule has 0 aliphatic rings. The van der Waals surface area contributed by atoms with Crippen LogP contribution in [0, 0.1) is 0 Å². The van der Waals surface area contributed by atoms with Crippen molar-refractivity contribution < 1.29 is 19.2 Å². The highest BCUT2D eigenvalue weighted by Crippen LogP contribution is 2.13. The number of carboxylic acid groups (broad SMARTS) is 1. The first-order valence-electron chi connectivity index (χ1n) is 7.45. The van der Waals surface area contributed by atoms with Crippen molar-refractivity contribution in [3.05, 3.63) is 52.9 Å². The molecule has 1 heterocycles. The van der Waals surface area contributed by atoms with Crippen LogP contribution < -0.4 is 5.32 Å². The van der Waals surface area contributed by atoms with Gasteiger partial charge in [0.15, 0.2) is 5.76 Å². The van der Waals surface area contributed by atoms with Crippen molar-refractivity contribution in [3.63, 3.8) is 0 Å². The first kappa shape index (κ1) is 17.2. The van der Waals surface area contributed by atoms with E-state index in [9.17, 15) is 4.79 Å². The molecule has 2 aromatic rings. The second-order valence-electron chi connectivity index (χ2n) is 6.29. The summed E-state index contributed by atoms with van der Waals surface area (Å²) >= 11 is 0. The largest absolute Gasteiger partial charge is 0.478 e. The zero-order valence-corrected chi connectivity index (χ0v) is 13.6. The molecule has 0 aliphatic carbocycles. The maximum absolute atomic E-state index is 10.9. The normalized spacial score (nSPS) is 11.6. The summed E-state index contributed by atoms with van der Waals surface area (Å²) in [4.78, 5) is 10.9. The fourth-order valence-corrected chi connectivity index (χ4v) is 1.94. The van der Waals surface area contributed by atoms with Crippen LogP contribution in [0.5, 0.6) is 0 Å². The number of nitrogens with one attached hydrogen (secondary N) is 1. The molecule has 0 spiro atoms. The standard InChI is InChI=1S/C17H22N2O4/c1-17(2,3)22-11-15-8-14(19-23-15)10-18-9-12-5-4-6-13(7-12)16(20)21/h4-8,18H,9-11H2,1-3H3,(H,20,21). The molecule has 0 saturated heterocycles. The fraction of sp³-hybridized carbons (Fsp3) is 0.412. The van der Waals surface area contributed by atoms with Gasteiger partial charge in [-0.1, -0.05) is 17.3 Å². The number of carbonyl (C=O) groups is 1. The van der Waals surface area contributed by atoms with Gasteiger partial charge in [-0.25, -0.2) is 4.79 Å². The van der Waals surface area contributed by atoms with E-state index < -0.39 is 5.97 Å². The molecule has 0 aliphatic heterocycles. The zero-order chi connectivity index (χ0) is 16.9. The van der Waals surface area contributed by atoms with E-state index in [1.807, 2.05) is 32.9 Å². The topological polar surface area (TPSA) is 84.6 Å². The van der Waals surface area contributed by atoms with Crippen LogP contribution in [0.1, 0.15) is 48.1 Å². The average molecular weight is 318 g/mol. The summed E-state index contributed by atoms with van der Waals surface area (Å²) in [5, 5.41) is 16.2. The summed E-state index contributed by atoms with van der Waals surface area (Å²) in [5.41, 5.74) is 1.75. The van der Waals surface area contributed by atoms with Gasteiger partial charge in [0, 0.05) is 19.2 Å². The minimum Gasteiger partial charge on any atom is -0.478 e. The number of ether oxygens (including phenoxy) is 1. The van der Waals surface area contributed by atoms with E-state index in [0.717, 1.165) is 11.3 Å². The predicted molar refractivity (Wildman–Crippen MR) is 85.0 cm³/mol. The summed E-state index contributed by atoms with van der Waals surface area (Å²) < 4.78 is 10.8. The number of aromatic nitrogens is 1. The smallest absolute Gasteiger partial charge is 0.335 e. The van der Waals surface area contributed by atoms with Crippen LogP contribution >= 0.6 is 0 Å². The Balaban J connectivity index is 1.81. The Morgan fingerprint density at radius 2 is 2.09 bits per heavy atom. The molecule has 0 amide bonds. The Morgan fingerprint density at radius 1 is 1.30 bits per heavy atom. The molecule has 124 valence electrons. The Kier molecular flexibility index (Phi) is 5.52. The first-order valence-corrected chi connectivity index (χ1v) is 7.45. The van der Waals surface area contributed by atoms with Crippen molar-refractivity contribution in [1.29, 1.82) is 0 Å². The Morgan fingerprint density at radius 3 is 2.78 bits per heavy atom. The molecule has 0 unspecified atom stereocenters. The number of carboxylic acids is 1. The second-order valence-corrected chi connectivity index (χ2v) is 6.29. The van der Waals surface area contributed by atoms with Gasteiger partial charge in [-0.05, 0) is 38.5 Å². The highest BCUT2D eigenvalue weighted by molar-refractivity contribution is 5.87. The third-order valence-electron chi connectivity index (χ3n) is 3.06. The van der Waals surface area contributed by atoms with E-state index in [0.29, 0.717) is 25.5 Å². The van der Waals surface area contributed by atoms with Crippen molar-refractivity contribution in [2.75, 3.05) is 0 Å². The number of benzene rings is 1. The van der Waals surface area contributed by atoms with Gasteiger partial charge in [0.05, 0.1) is 16.9 Å². The average Bonchev–Trinajstić information content (AvgIpc) is 2.93. The number of hydrogen-bond acceptors (Lipinski definition) is 5. The molecule has 2 N–H and O–H groups in total. The third kappa shape index (κ3) is 5.84. The number of nitrogens with zero attached hydrogens (tertiary/aromatic N) is 1. The highest BCUT2D eigenvalue weighted by Gasteiger charge is 2.12. The molecule has 0 saturated carbocycles. The maximum Gasteiger partial charge on any atom is 0.335 e. The number of aromatic carboxylic acids is 1. The Labute approximate surface area is 135 Å². The van der Waals surface area contributed by atoms with Gasteiger partial charge in [-0.3, -0.25) is 0 Å². The van der Waals surface area contributed by atoms with Crippen molar-refractivity contribution in [3.8, 4) is 0 Å². The van der Waals surface area contributed by atoms with Gasteiger partial charge in [-0.2, -0.15) is 0 Å². The number of rotatable bonds is 7. The molecule has 2 rings (SSSR count). The maximum atomic E-state index is 10.9. The van der Waals surface area contributed by atoms with E-state index in [1.54, 1.807) is 18.2 Å². The molecule has 0 atom stereocenters. The van der Waals surface area contributed by atoms with Crippen molar-refractivity contribution in [1.82, 2.24) is 10.5 Å². The van der Waals surface area contributed by atoms with Crippen LogP contribution in [0.3, 0.4) is 0 Å². The lowest BCUT2D eigenvalue weighted by Crippen LogP contribution is -2.18. The molecule has 0 radical (unpaired) electrons. The van der Waals surface area contributed by atoms with Gasteiger partial charge < -0.3 is 19.7 Å². The molecule has 23 heavy (non-hydrogen) atoms. The van der Waals surface area contributed by atoms with Gasteiger partial charge in [0.2, 0.25) is 0 Å². The molecule has 6 nitrogen and oxygen atoms in total. The summed E-state index contributed by atoms with van der Waals surface area (Å²) in [6.07, 6.45) is 0. The molecular weight excluding hydrogens is 296 g/mol. The second kappa shape index (κ2) is 7.39. The van der Waals surface area contributed by atoms with Gasteiger partial charge >= 0.3 is 5.97 Å². The summed E-state index contributed by atoms with van der Waals surface area (Å²) in [6, 6.07) is 8.70. The predicted octanol–water partition coefficient (Wildman–Crippen LogP) is 2.98. The lowest BCUT2D eigenvalue weighted by Gasteiger charge is -2.17. The molecule has 1 aromatic heterocycles. The molecule has 0 fully saturated rings. The lowest BCUT2D eigenvalue weighted by atomic mass is 10.1. The van der Waals surface area contributed by atoms with Crippen LogP contribution in [-0.4, -0.2) is 21.8 Å². The van der Waals surface area contributed by atoms with Crippen molar-refractivity contribution in [2.45, 2.75) is 46.1 Å². The lowest BCUT2D eigenvalue weighted by molar-refractivity contribution is -0.0241. The monoisotopic (exact) mass is 318 g/mol. The molecule has 0 bridgehead atoms. The van der Waals surface area contributed by atoms with Crippen LogP contribution in [0.15, 0.2) is 34.9 Å². The first-order chi connectivity index (χ1) is 10.8. The molecule has 6 heteroatoms. The van der Waals surface area contributed by atoms with E-state index in [-0.39, 0.29) is 11.2 Å². The Hall–Kier alpha value is -2.18. The van der Waals surface area contributed by atoms with Crippen molar-refractivity contribution in [2.24, 2.45) is 0 Å². The van der Waals surface area contributed by atoms with E-state index in [1.165, 1.54) is 0 Å². The van der Waals surface area contributed by atoms with Gasteiger partial charge in [0.25, 0.3) is 0 Å². The summed E-state index contributed by atoms with van der Waals surface area (Å²) in [7, 11) is 0. The van der Waals surface area contributed by atoms with Crippen LogP contribution in [-0.2, 0) is 24.4 Å². The molecule has 1 aromatic carbocycles. The van der Waals surface area contributed by atoms with E-state index in [2.05, 4.69) is 10.5 Å². The Bertz CT molecular complexity index is 659. The number of hydrogen-bond donors (Lipinski definition) is 2. The van der Waals surface area contributed by atoms with Crippen molar-refractivity contribution >= 4 is 5.97 Å². The van der Waals surface area contributed by atoms with Gasteiger partial charge in [-0.15, -0.1) is 0 Å².